The molecule has 376 valence electrons. The summed E-state index contributed by atoms with van der Waals surface area (Å²) in [5.74, 6) is -1.02. The Balaban J connectivity index is 4.53. The van der Waals surface area contributed by atoms with Crippen molar-refractivity contribution in [1.29, 1.82) is 0 Å². The molecule has 0 aliphatic carbocycles. The summed E-state index contributed by atoms with van der Waals surface area (Å²) in [4.78, 5) is 38.0. The highest BCUT2D eigenvalue weighted by Crippen LogP contribution is 2.14. The average molecular weight is 917 g/mol. The van der Waals surface area contributed by atoms with Crippen LogP contribution in [0.3, 0.4) is 0 Å². The predicted octanol–water partition coefficient (Wildman–Crippen LogP) is 18.1. The van der Waals surface area contributed by atoms with Gasteiger partial charge in [0.1, 0.15) is 13.2 Å². The van der Waals surface area contributed by atoms with Gasteiger partial charge in [0.25, 0.3) is 0 Å². The summed E-state index contributed by atoms with van der Waals surface area (Å²) < 4.78 is 16.7. The smallest absolute Gasteiger partial charge is 0.306 e. The molecule has 0 rings (SSSR count). The second-order valence-electron chi connectivity index (χ2n) is 17.8. The first-order valence-corrected chi connectivity index (χ1v) is 27.2. The Hall–Kier alpha value is -3.67. The minimum atomic E-state index is -0.818. The van der Waals surface area contributed by atoms with Gasteiger partial charge in [-0.05, 0) is 96.3 Å². The first-order chi connectivity index (χ1) is 32.5. The monoisotopic (exact) mass is 917 g/mol. The molecule has 0 aliphatic heterocycles. The van der Waals surface area contributed by atoms with Gasteiger partial charge in [0.2, 0.25) is 0 Å². The third-order valence-corrected chi connectivity index (χ3v) is 11.3. The van der Waals surface area contributed by atoms with Crippen LogP contribution in [0.2, 0.25) is 0 Å². The van der Waals surface area contributed by atoms with Crippen LogP contribution in [0.1, 0.15) is 245 Å². The molecular formula is C60H100O6. The van der Waals surface area contributed by atoms with Crippen molar-refractivity contribution in [2.24, 2.45) is 0 Å². The zero-order valence-electron chi connectivity index (χ0n) is 42.9. The van der Waals surface area contributed by atoms with Gasteiger partial charge >= 0.3 is 17.9 Å². The van der Waals surface area contributed by atoms with Crippen LogP contribution >= 0.6 is 0 Å². The van der Waals surface area contributed by atoms with E-state index in [-0.39, 0.29) is 44.0 Å². The number of hydrogen-bond donors (Lipinski definition) is 0. The molecule has 0 fully saturated rings. The lowest BCUT2D eigenvalue weighted by atomic mass is 10.0. The van der Waals surface area contributed by atoms with Crippen LogP contribution in [0.15, 0.2) is 97.2 Å². The van der Waals surface area contributed by atoms with Gasteiger partial charge in [0.15, 0.2) is 6.10 Å². The Kier molecular flexibility index (Phi) is 50.9. The number of unbranched alkanes of at least 4 members (excludes halogenated alkanes) is 21. The van der Waals surface area contributed by atoms with E-state index in [0.29, 0.717) is 12.8 Å². The highest BCUT2D eigenvalue weighted by molar-refractivity contribution is 5.71. The van der Waals surface area contributed by atoms with E-state index in [1.807, 2.05) is 6.08 Å². The van der Waals surface area contributed by atoms with Crippen molar-refractivity contribution in [2.45, 2.75) is 252 Å². The van der Waals surface area contributed by atoms with Crippen molar-refractivity contribution >= 4 is 17.9 Å². The zero-order valence-corrected chi connectivity index (χ0v) is 42.9. The van der Waals surface area contributed by atoms with Gasteiger partial charge in [-0.1, -0.05) is 227 Å². The van der Waals surface area contributed by atoms with Gasteiger partial charge in [-0.15, -0.1) is 0 Å². The van der Waals surface area contributed by atoms with E-state index >= 15 is 0 Å². The molecule has 0 heterocycles. The highest BCUT2D eigenvalue weighted by Gasteiger charge is 2.19. The number of carbonyl (C=O) groups excluding carboxylic acids is 3. The van der Waals surface area contributed by atoms with Gasteiger partial charge in [0, 0.05) is 19.3 Å². The molecule has 0 radical (unpaired) electrons. The van der Waals surface area contributed by atoms with E-state index in [9.17, 15) is 14.4 Å². The Morgan fingerprint density at radius 2 is 0.576 bits per heavy atom. The Bertz CT molecular complexity index is 1330. The first kappa shape index (κ1) is 62.3. The van der Waals surface area contributed by atoms with Crippen molar-refractivity contribution < 1.29 is 28.6 Å². The van der Waals surface area contributed by atoms with Crippen molar-refractivity contribution in [3.63, 3.8) is 0 Å². The molecular weight excluding hydrogens is 817 g/mol. The lowest BCUT2D eigenvalue weighted by Crippen LogP contribution is -2.30. The minimum Gasteiger partial charge on any atom is -0.462 e. The van der Waals surface area contributed by atoms with Crippen LogP contribution < -0.4 is 0 Å². The molecule has 0 aromatic carbocycles. The van der Waals surface area contributed by atoms with Crippen LogP contribution in [0.5, 0.6) is 0 Å². The summed E-state index contributed by atoms with van der Waals surface area (Å²) in [6.45, 7) is 6.49. The molecule has 0 unspecified atom stereocenters. The summed E-state index contributed by atoms with van der Waals surface area (Å²) in [5.41, 5.74) is 0. The highest BCUT2D eigenvalue weighted by atomic mass is 16.6. The van der Waals surface area contributed by atoms with Gasteiger partial charge in [-0.25, -0.2) is 0 Å². The molecule has 0 saturated heterocycles. The van der Waals surface area contributed by atoms with Crippen molar-refractivity contribution in [2.75, 3.05) is 13.2 Å². The predicted molar refractivity (Wildman–Crippen MR) is 284 cm³/mol. The SMILES string of the molecule is CCCCC/C=C\C/C=C\C/C=C\C/C=C\C/C=C\CCC(=O)OC[C@H](COC(=O)CCCCCCCCCCCCCC)OC(=O)CCCCCC/C=C\C/C=C\C/C=C\CCCCC. The quantitative estimate of drug-likeness (QED) is 0.0262. The molecule has 0 aliphatic rings. The molecule has 0 spiro atoms. The fourth-order valence-electron chi connectivity index (χ4n) is 7.20. The number of ether oxygens (including phenoxy) is 3. The summed E-state index contributed by atoms with van der Waals surface area (Å²) in [6.07, 6.45) is 71.1. The molecule has 0 saturated carbocycles. The van der Waals surface area contributed by atoms with Gasteiger partial charge in [0.05, 0.1) is 0 Å². The summed E-state index contributed by atoms with van der Waals surface area (Å²) >= 11 is 0. The maximum atomic E-state index is 12.8. The number of allylic oxidation sites excluding steroid dienone is 16. The number of hydrogen-bond acceptors (Lipinski definition) is 6. The molecule has 66 heavy (non-hydrogen) atoms. The van der Waals surface area contributed by atoms with E-state index in [0.717, 1.165) is 89.9 Å². The van der Waals surface area contributed by atoms with Crippen molar-refractivity contribution in [3.05, 3.63) is 97.2 Å². The number of esters is 3. The lowest BCUT2D eigenvalue weighted by molar-refractivity contribution is -0.166. The number of carbonyl (C=O) groups is 3. The Morgan fingerprint density at radius 1 is 0.303 bits per heavy atom. The fraction of sp³-hybridized carbons (Fsp3) is 0.683. The molecule has 0 bridgehead atoms. The maximum Gasteiger partial charge on any atom is 0.306 e. The molecule has 6 nitrogen and oxygen atoms in total. The van der Waals surface area contributed by atoms with E-state index < -0.39 is 6.10 Å². The topological polar surface area (TPSA) is 78.9 Å². The Labute approximate surface area is 407 Å². The normalized spacial score (nSPS) is 12.8. The fourth-order valence-corrected chi connectivity index (χ4v) is 7.20. The maximum absolute atomic E-state index is 12.8. The third-order valence-electron chi connectivity index (χ3n) is 11.3. The summed E-state index contributed by atoms with van der Waals surface area (Å²) in [7, 11) is 0. The van der Waals surface area contributed by atoms with E-state index in [2.05, 4.69) is 112 Å². The molecule has 0 amide bonds. The molecule has 6 heteroatoms. The second-order valence-corrected chi connectivity index (χ2v) is 17.8. The van der Waals surface area contributed by atoms with Crippen LogP contribution in [-0.4, -0.2) is 37.2 Å². The van der Waals surface area contributed by atoms with Crippen molar-refractivity contribution in [3.8, 4) is 0 Å². The second kappa shape index (κ2) is 53.9. The molecule has 0 aromatic rings. The van der Waals surface area contributed by atoms with Crippen molar-refractivity contribution in [1.82, 2.24) is 0 Å². The minimum absolute atomic E-state index is 0.109. The molecule has 0 N–H and O–H groups in total. The third kappa shape index (κ3) is 51.3. The Morgan fingerprint density at radius 3 is 0.970 bits per heavy atom. The van der Waals surface area contributed by atoms with Crippen LogP contribution in [0.25, 0.3) is 0 Å². The molecule has 1 atom stereocenters. The summed E-state index contributed by atoms with van der Waals surface area (Å²) in [5, 5.41) is 0. The largest absolute Gasteiger partial charge is 0.462 e. The molecule has 0 aromatic heterocycles. The van der Waals surface area contributed by atoms with Crippen LogP contribution in [-0.2, 0) is 28.6 Å². The van der Waals surface area contributed by atoms with Gasteiger partial charge in [-0.3, -0.25) is 14.4 Å². The zero-order chi connectivity index (χ0) is 47.9. The average Bonchev–Trinajstić information content (AvgIpc) is 3.31. The van der Waals surface area contributed by atoms with Crippen LogP contribution in [0.4, 0.5) is 0 Å². The van der Waals surface area contributed by atoms with Crippen LogP contribution in [0, 0.1) is 0 Å². The number of rotatable bonds is 48. The van der Waals surface area contributed by atoms with Gasteiger partial charge < -0.3 is 14.2 Å². The van der Waals surface area contributed by atoms with E-state index in [1.54, 1.807) is 0 Å². The first-order valence-electron chi connectivity index (χ1n) is 27.2. The van der Waals surface area contributed by atoms with E-state index in [1.165, 1.54) is 109 Å². The standard InChI is InChI=1S/C60H100O6/c1-4-7-10-13-16-19-22-25-27-29-30-32-33-35-38-41-44-47-50-53-59(62)65-56-57(55-64-58(61)52-49-46-43-40-37-24-21-18-15-12-9-6-3)66-60(63)54-51-48-45-42-39-36-34-31-28-26-23-20-17-14-11-8-5-2/h16-17,19-20,25-28,30,32,34-36,38,44,47,57H,4-15,18,21-24,29,31,33,37,39-43,45-46,48-56H2,1-3H3/b19-16-,20-17-,27-25-,28-26-,32-30-,36-34-,38-35-,47-44-/t57-/m0/s1. The van der Waals surface area contributed by atoms with Gasteiger partial charge in [-0.2, -0.15) is 0 Å². The summed E-state index contributed by atoms with van der Waals surface area (Å²) in [6, 6.07) is 0. The van der Waals surface area contributed by atoms with E-state index in [4.69, 9.17) is 14.2 Å². The lowest BCUT2D eigenvalue weighted by Gasteiger charge is -2.18.